The van der Waals surface area contributed by atoms with Gasteiger partial charge in [0.15, 0.2) is 0 Å². The molecule has 0 saturated heterocycles. The molecule has 0 unspecified atom stereocenters. The Morgan fingerprint density at radius 1 is 1.61 bits per heavy atom. The first-order valence-electron chi connectivity index (χ1n) is 6.21. The second-order valence-electron chi connectivity index (χ2n) is 4.52. The third kappa shape index (κ3) is 2.06. The number of H-pyrrole nitrogens is 1. The van der Waals surface area contributed by atoms with Gasteiger partial charge >= 0.3 is 0 Å². The molecule has 1 saturated carbocycles. The summed E-state index contributed by atoms with van der Waals surface area (Å²) in [4.78, 5) is 13.0. The molecule has 94 valence electrons. The monoisotopic (exact) mass is 261 g/mol. The Hall–Kier alpha value is -1.62. The summed E-state index contributed by atoms with van der Waals surface area (Å²) in [5.74, 6) is 0.338. The number of nitrogens with one attached hydrogen (secondary N) is 2. The van der Waals surface area contributed by atoms with Gasteiger partial charge in [-0.05, 0) is 30.7 Å². The molecule has 5 heteroatoms. The maximum Gasteiger partial charge on any atom is 0.227 e. The van der Waals surface area contributed by atoms with Gasteiger partial charge in [0.1, 0.15) is 5.69 Å². The summed E-state index contributed by atoms with van der Waals surface area (Å²) in [7, 11) is 0. The standard InChI is InChI=1S/C13H15N3OS/c1-2-9-11(14-13(17)8-5-6-8)12(16-15-9)10-4-3-7-18-10/h3-4,7-8H,2,5-6H2,1H3,(H,14,17)(H,15,16). The Morgan fingerprint density at radius 3 is 3.06 bits per heavy atom. The number of aryl methyl sites for hydroxylation is 1. The van der Waals surface area contributed by atoms with E-state index in [9.17, 15) is 4.79 Å². The first kappa shape index (κ1) is 11.5. The van der Waals surface area contributed by atoms with Crippen LogP contribution in [0.4, 0.5) is 5.69 Å². The Bertz CT molecular complexity index is 555. The van der Waals surface area contributed by atoms with Gasteiger partial charge in [-0.15, -0.1) is 11.3 Å². The fourth-order valence-electron chi connectivity index (χ4n) is 1.93. The predicted molar refractivity (Wildman–Crippen MR) is 72.6 cm³/mol. The summed E-state index contributed by atoms with van der Waals surface area (Å²) < 4.78 is 0. The molecule has 1 aliphatic rings. The molecule has 18 heavy (non-hydrogen) atoms. The average molecular weight is 261 g/mol. The van der Waals surface area contributed by atoms with Crippen LogP contribution < -0.4 is 5.32 Å². The number of aromatic amines is 1. The van der Waals surface area contributed by atoms with Crippen molar-refractivity contribution < 1.29 is 4.79 Å². The van der Waals surface area contributed by atoms with Gasteiger partial charge < -0.3 is 5.32 Å². The first-order chi connectivity index (χ1) is 8.79. The van der Waals surface area contributed by atoms with Crippen LogP contribution in [0.1, 0.15) is 25.5 Å². The van der Waals surface area contributed by atoms with E-state index in [-0.39, 0.29) is 11.8 Å². The highest BCUT2D eigenvalue weighted by molar-refractivity contribution is 7.13. The zero-order chi connectivity index (χ0) is 12.5. The van der Waals surface area contributed by atoms with Crippen molar-refractivity contribution in [2.45, 2.75) is 26.2 Å². The molecule has 0 aromatic carbocycles. The SMILES string of the molecule is CCc1[nH]nc(-c2cccs2)c1NC(=O)C1CC1. The second kappa shape index (κ2) is 4.57. The highest BCUT2D eigenvalue weighted by Crippen LogP contribution is 2.35. The molecular formula is C13H15N3OS. The molecule has 0 bridgehead atoms. The summed E-state index contributed by atoms with van der Waals surface area (Å²) in [5, 5.41) is 12.4. The molecule has 0 aliphatic heterocycles. The zero-order valence-electron chi connectivity index (χ0n) is 10.2. The fraction of sp³-hybridized carbons (Fsp3) is 0.385. The summed E-state index contributed by atoms with van der Waals surface area (Å²) in [6, 6.07) is 4.01. The van der Waals surface area contributed by atoms with Crippen LogP contribution in [0.5, 0.6) is 0 Å². The zero-order valence-corrected chi connectivity index (χ0v) is 11.0. The topological polar surface area (TPSA) is 57.8 Å². The molecule has 0 radical (unpaired) electrons. The van der Waals surface area contributed by atoms with Crippen molar-refractivity contribution in [3.8, 4) is 10.6 Å². The number of rotatable bonds is 4. The number of anilines is 1. The maximum absolute atomic E-state index is 11.9. The van der Waals surface area contributed by atoms with Crippen LogP contribution in [-0.2, 0) is 11.2 Å². The lowest BCUT2D eigenvalue weighted by molar-refractivity contribution is -0.117. The number of aromatic nitrogens is 2. The molecule has 1 aliphatic carbocycles. The van der Waals surface area contributed by atoms with E-state index in [1.165, 1.54) is 0 Å². The minimum Gasteiger partial charge on any atom is -0.322 e. The molecule has 1 fully saturated rings. The van der Waals surface area contributed by atoms with Gasteiger partial charge in [-0.1, -0.05) is 13.0 Å². The van der Waals surface area contributed by atoms with Gasteiger partial charge in [0.2, 0.25) is 5.91 Å². The lowest BCUT2D eigenvalue weighted by Crippen LogP contribution is -2.14. The number of hydrogen-bond donors (Lipinski definition) is 2. The molecule has 1 amide bonds. The van der Waals surface area contributed by atoms with Crippen LogP contribution in [0.15, 0.2) is 17.5 Å². The van der Waals surface area contributed by atoms with E-state index < -0.39 is 0 Å². The summed E-state index contributed by atoms with van der Waals surface area (Å²) in [6.07, 6.45) is 2.86. The Morgan fingerprint density at radius 2 is 2.44 bits per heavy atom. The molecule has 2 heterocycles. The highest BCUT2D eigenvalue weighted by Gasteiger charge is 2.31. The van der Waals surface area contributed by atoms with Crippen LogP contribution in [0.3, 0.4) is 0 Å². The second-order valence-corrected chi connectivity index (χ2v) is 5.47. The normalized spacial score (nSPS) is 14.7. The van der Waals surface area contributed by atoms with Crippen molar-refractivity contribution >= 4 is 22.9 Å². The molecule has 0 spiro atoms. The lowest BCUT2D eigenvalue weighted by atomic mass is 10.2. The summed E-state index contributed by atoms with van der Waals surface area (Å²) >= 11 is 1.63. The number of thiophene rings is 1. The van der Waals surface area contributed by atoms with Crippen molar-refractivity contribution in [3.63, 3.8) is 0 Å². The summed E-state index contributed by atoms with van der Waals surface area (Å²) in [5.41, 5.74) is 2.71. The Balaban J connectivity index is 1.94. The van der Waals surface area contributed by atoms with E-state index >= 15 is 0 Å². The number of carbonyl (C=O) groups is 1. The van der Waals surface area contributed by atoms with Crippen LogP contribution >= 0.6 is 11.3 Å². The third-order valence-corrected chi connectivity index (χ3v) is 4.02. The van der Waals surface area contributed by atoms with E-state index in [0.717, 1.165) is 41.2 Å². The fourth-order valence-corrected chi connectivity index (χ4v) is 2.65. The first-order valence-corrected chi connectivity index (χ1v) is 7.09. The minimum absolute atomic E-state index is 0.129. The van der Waals surface area contributed by atoms with Crippen molar-refractivity contribution in [2.75, 3.05) is 5.32 Å². The largest absolute Gasteiger partial charge is 0.322 e. The number of nitrogens with zero attached hydrogens (tertiary/aromatic N) is 1. The molecule has 4 nitrogen and oxygen atoms in total. The van der Waals surface area contributed by atoms with Gasteiger partial charge in [-0.2, -0.15) is 5.10 Å². The minimum atomic E-state index is 0.129. The molecular weight excluding hydrogens is 246 g/mol. The van der Waals surface area contributed by atoms with Crippen molar-refractivity contribution in [2.24, 2.45) is 5.92 Å². The Labute approximate surface area is 109 Å². The molecule has 2 N–H and O–H groups in total. The van der Waals surface area contributed by atoms with E-state index in [2.05, 4.69) is 22.4 Å². The van der Waals surface area contributed by atoms with Crippen molar-refractivity contribution in [1.82, 2.24) is 10.2 Å². The summed E-state index contributed by atoms with van der Waals surface area (Å²) in [6.45, 7) is 2.05. The van der Waals surface area contributed by atoms with Crippen LogP contribution in [-0.4, -0.2) is 16.1 Å². The van der Waals surface area contributed by atoms with E-state index in [4.69, 9.17) is 0 Å². The quantitative estimate of drug-likeness (QED) is 0.888. The van der Waals surface area contributed by atoms with Crippen LogP contribution in [0.25, 0.3) is 10.6 Å². The third-order valence-electron chi connectivity index (χ3n) is 3.15. The molecule has 0 atom stereocenters. The van der Waals surface area contributed by atoms with Gasteiger partial charge in [-0.3, -0.25) is 9.89 Å². The highest BCUT2D eigenvalue weighted by atomic mass is 32.1. The number of amides is 1. The van der Waals surface area contributed by atoms with Gasteiger partial charge in [0.25, 0.3) is 0 Å². The smallest absolute Gasteiger partial charge is 0.227 e. The average Bonchev–Trinajstić information content (AvgIpc) is 2.95. The van der Waals surface area contributed by atoms with E-state index in [1.54, 1.807) is 11.3 Å². The number of hydrogen-bond acceptors (Lipinski definition) is 3. The van der Waals surface area contributed by atoms with Crippen molar-refractivity contribution in [1.29, 1.82) is 0 Å². The molecule has 2 aromatic heterocycles. The van der Waals surface area contributed by atoms with Gasteiger partial charge in [0, 0.05) is 5.92 Å². The predicted octanol–water partition coefficient (Wildman–Crippen LogP) is 3.05. The molecule has 3 rings (SSSR count). The van der Waals surface area contributed by atoms with Gasteiger partial charge in [0.05, 0.1) is 16.3 Å². The van der Waals surface area contributed by atoms with Crippen molar-refractivity contribution in [3.05, 3.63) is 23.2 Å². The molecule has 2 aromatic rings. The lowest BCUT2D eigenvalue weighted by Gasteiger charge is -2.05. The van der Waals surface area contributed by atoms with E-state index in [0.29, 0.717) is 0 Å². The van der Waals surface area contributed by atoms with Crippen LogP contribution in [0.2, 0.25) is 0 Å². The number of carbonyl (C=O) groups excluding carboxylic acids is 1. The maximum atomic E-state index is 11.9. The Kier molecular flexibility index (Phi) is 2.91. The van der Waals surface area contributed by atoms with E-state index in [1.807, 2.05) is 17.5 Å². The van der Waals surface area contributed by atoms with Gasteiger partial charge in [-0.25, -0.2) is 0 Å². The van der Waals surface area contributed by atoms with Crippen LogP contribution in [0, 0.1) is 5.92 Å².